The molecule has 310 valence electrons. The topological polar surface area (TPSA) is 202 Å². The van der Waals surface area contributed by atoms with E-state index in [0.717, 1.165) is 69.9 Å². The Morgan fingerprint density at radius 3 is 1.18 bits per heavy atom. The molecule has 0 bridgehead atoms. The first-order chi connectivity index (χ1) is 30.1. The van der Waals surface area contributed by atoms with E-state index in [-0.39, 0.29) is 0 Å². The van der Waals surface area contributed by atoms with Crippen molar-refractivity contribution in [1.82, 2.24) is 29.9 Å². The summed E-state index contributed by atoms with van der Waals surface area (Å²) < 4.78 is 0. The fourth-order valence-corrected chi connectivity index (χ4v) is 6.42. The van der Waals surface area contributed by atoms with Gasteiger partial charge in [-0.3, -0.25) is 0 Å². The smallest absolute Gasteiger partial charge is 0.233 e. The maximum absolute atomic E-state index is 5.60. The van der Waals surface area contributed by atoms with Crippen molar-refractivity contribution in [2.75, 3.05) is 58.1 Å². The van der Waals surface area contributed by atoms with Crippen LogP contribution in [0.4, 0.5) is 47.1 Å². The molecule has 0 atom stereocenters. The van der Waals surface area contributed by atoms with Gasteiger partial charge in [0.1, 0.15) is 0 Å². The Kier molecular flexibility index (Phi) is 15.1. The van der Waals surface area contributed by atoms with Crippen LogP contribution in [-0.4, -0.2) is 56.1 Å². The number of nitrogens with two attached hydrogens (primary N) is 2. The van der Waals surface area contributed by atoms with Crippen molar-refractivity contribution in [3.63, 3.8) is 0 Å². The average Bonchev–Trinajstić information content (AvgIpc) is 3.30. The third kappa shape index (κ3) is 12.5. The van der Waals surface area contributed by atoms with Gasteiger partial charge in [-0.25, -0.2) is 0 Å². The zero-order valence-electron chi connectivity index (χ0n) is 34.1. The Morgan fingerprint density at radius 1 is 0.344 bits per heavy atom. The van der Waals surface area contributed by atoms with Crippen molar-refractivity contribution in [3.05, 3.63) is 157 Å². The molecule has 0 amide bonds. The van der Waals surface area contributed by atoms with Crippen LogP contribution in [-0.2, 0) is 13.1 Å². The van der Waals surface area contributed by atoms with Crippen molar-refractivity contribution in [3.8, 4) is 0 Å². The molecule has 61 heavy (non-hydrogen) atoms. The number of nitrogens with zero attached hydrogens (tertiary/aromatic N) is 6. The van der Waals surface area contributed by atoms with Gasteiger partial charge >= 0.3 is 0 Å². The van der Waals surface area contributed by atoms with E-state index in [2.05, 4.69) is 122 Å². The second kappa shape index (κ2) is 22.1. The molecule has 0 saturated carbocycles. The molecule has 0 spiro atoms. The normalized spacial score (nSPS) is 10.7. The number of hydrogen-bond acceptors (Lipinski definition) is 14. The summed E-state index contributed by atoms with van der Waals surface area (Å²) >= 11 is 0. The van der Waals surface area contributed by atoms with Crippen LogP contribution in [0.3, 0.4) is 0 Å². The van der Waals surface area contributed by atoms with E-state index in [1.807, 2.05) is 84.9 Å². The summed E-state index contributed by atoms with van der Waals surface area (Å²) in [6.45, 7) is 4.00. The van der Waals surface area contributed by atoms with Crippen molar-refractivity contribution < 1.29 is 0 Å². The zero-order valence-corrected chi connectivity index (χ0v) is 34.1. The van der Waals surface area contributed by atoms with Gasteiger partial charge in [-0.15, -0.1) is 0 Å². The number of benzene rings is 6. The molecule has 8 aromatic rings. The van der Waals surface area contributed by atoms with E-state index in [1.165, 1.54) is 0 Å². The minimum absolute atomic E-state index is 0.479. The average molecular weight is 813 g/mol. The van der Waals surface area contributed by atoms with Gasteiger partial charge in [0.15, 0.2) is 0 Å². The lowest BCUT2D eigenvalue weighted by Gasteiger charge is -2.12. The number of unbranched alkanes of at least 4 members (excludes halogenated alkanes) is 1. The molecule has 0 aliphatic carbocycles. The first-order valence-electron chi connectivity index (χ1n) is 20.6. The van der Waals surface area contributed by atoms with Crippen molar-refractivity contribution >= 4 is 68.6 Å². The van der Waals surface area contributed by atoms with E-state index in [0.29, 0.717) is 68.4 Å². The molecule has 0 aliphatic heterocycles. The van der Waals surface area contributed by atoms with Gasteiger partial charge in [-0.05, 0) is 66.4 Å². The third-order valence-electron chi connectivity index (χ3n) is 9.51. The molecule has 10 N–H and O–H groups in total. The monoisotopic (exact) mass is 812 g/mol. The van der Waals surface area contributed by atoms with Gasteiger partial charge in [-0.1, -0.05) is 133 Å². The number of rotatable bonds is 19. The quantitative estimate of drug-likeness (QED) is 0.0361. The Hall–Kier alpha value is -7.42. The van der Waals surface area contributed by atoms with Crippen LogP contribution in [0.1, 0.15) is 30.4 Å². The van der Waals surface area contributed by atoms with E-state index in [4.69, 9.17) is 11.5 Å². The van der Waals surface area contributed by atoms with Crippen LogP contribution in [0.25, 0.3) is 21.5 Å². The summed E-state index contributed by atoms with van der Waals surface area (Å²) in [5, 5.41) is 24.3. The van der Waals surface area contributed by atoms with Crippen LogP contribution in [0.15, 0.2) is 146 Å². The van der Waals surface area contributed by atoms with Crippen molar-refractivity contribution in [1.29, 1.82) is 0 Å². The highest BCUT2D eigenvalue weighted by molar-refractivity contribution is 5.95. The van der Waals surface area contributed by atoms with Crippen LogP contribution in [0.2, 0.25) is 0 Å². The minimum atomic E-state index is 0.479. The van der Waals surface area contributed by atoms with Gasteiger partial charge < -0.3 is 43.4 Å². The summed E-state index contributed by atoms with van der Waals surface area (Å²) in [5.41, 5.74) is 15.4. The van der Waals surface area contributed by atoms with Crippen molar-refractivity contribution in [2.24, 2.45) is 11.5 Å². The van der Waals surface area contributed by atoms with Crippen LogP contribution >= 0.6 is 0 Å². The highest BCUT2D eigenvalue weighted by Crippen LogP contribution is 2.27. The molecule has 2 heterocycles. The lowest BCUT2D eigenvalue weighted by molar-refractivity contribution is 0.769. The maximum atomic E-state index is 5.60. The lowest BCUT2D eigenvalue weighted by atomic mass is 10.1. The Morgan fingerprint density at radius 2 is 0.721 bits per heavy atom. The summed E-state index contributed by atoms with van der Waals surface area (Å²) in [6, 6.07) is 49.0. The number of nitrogens with one attached hydrogen (secondary N) is 6. The Labute approximate surface area is 356 Å². The highest BCUT2D eigenvalue weighted by Gasteiger charge is 2.11. The van der Waals surface area contributed by atoms with E-state index < -0.39 is 0 Å². The molecule has 14 nitrogen and oxygen atoms in total. The van der Waals surface area contributed by atoms with Crippen molar-refractivity contribution in [2.45, 2.75) is 32.4 Å². The summed E-state index contributed by atoms with van der Waals surface area (Å²) in [4.78, 5) is 27.3. The molecule has 0 fully saturated rings. The van der Waals surface area contributed by atoms with E-state index in [1.54, 1.807) is 0 Å². The van der Waals surface area contributed by atoms with Gasteiger partial charge in [0.2, 0.25) is 35.7 Å². The molecule has 8 rings (SSSR count). The zero-order chi connectivity index (χ0) is 41.9. The summed E-state index contributed by atoms with van der Waals surface area (Å²) in [7, 11) is 0. The van der Waals surface area contributed by atoms with E-state index >= 15 is 0 Å². The molecule has 2 aromatic heterocycles. The van der Waals surface area contributed by atoms with Gasteiger partial charge in [0.05, 0.1) is 0 Å². The molecular weight excluding hydrogens is 761 g/mol. The first kappa shape index (κ1) is 41.7. The van der Waals surface area contributed by atoms with Crippen LogP contribution < -0.4 is 43.4 Å². The second-order valence-electron chi connectivity index (χ2n) is 14.1. The number of fused-ring (bicyclic) bond motifs is 2. The summed E-state index contributed by atoms with van der Waals surface area (Å²) in [6.07, 6.45) is 2.75. The van der Waals surface area contributed by atoms with Crippen LogP contribution in [0.5, 0.6) is 0 Å². The standard InChI is InChI=1S/C24H27N7.C23H25N7/c25-15-6-7-16-26-22-29-23(27-17-18-9-2-1-3-10-18)31-24(30-22)28-21-14-8-12-19-11-4-5-13-20(19)21;24-14-7-15-25-21-28-22(26-16-17-8-2-1-3-9-17)30-23(29-21)27-20-13-6-11-18-10-4-5-12-19(18)20/h1-5,8-14H,6-7,15-17,25H2,(H3,26,27,28,29,30,31);1-6,8-13H,7,14-16,24H2,(H3,25,26,27,28,29,30). The maximum Gasteiger partial charge on any atom is 0.233 e. The first-order valence-corrected chi connectivity index (χ1v) is 20.6. The largest absolute Gasteiger partial charge is 0.354 e. The fraction of sp³-hybridized carbons (Fsp3) is 0.191. The molecular formula is C47H52N14. The number of hydrogen-bond donors (Lipinski definition) is 8. The highest BCUT2D eigenvalue weighted by atomic mass is 15.3. The second-order valence-corrected chi connectivity index (χ2v) is 14.1. The number of anilines is 8. The Bertz CT molecular complexity index is 2560. The molecule has 0 aliphatic rings. The lowest BCUT2D eigenvalue weighted by Crippen LogP contribution is -2.14. The summed E-state index contributed by atoms with van der Waals surface area (Å²) in [5.74, 6) is 3.03. The van der Waals surface area contributed by atoms with Crippen LogP contribution in [0, 0.1) is 0 Å². The fourth-order valence-electron chi connectivity index (χ4n) is 6.42. The molecule has 0 radical (unpaired) electrons. The molecule has 14 heteroatoms. The third-order valence-corrected chi connectivity index (χ3v) is 9.51. The molecule has 6 aromatic carbocycles. The van der Waals surface area contributed by atoms with Gasteiger partial charge in [-0.2, -0.15) is 29.9 Å². The molecule has 0 unspecified atom stereocenters. The minimum Gasteiger partial charge on any atom is -0.354 e. The van der Waals surface area contributed by atoms with E-state index in [9.17, 15) is 0 Å². The number of aromatic nitrogens is 6. The Balaban J connectivity index is 0.000000184. The van der Waals surface area contributed by atoms with Gasteiger partial charge in [0, 0.05) is 48.3 Å². The predicted molar refractivity (Wildman–Crippen MR) is 251 cm³/mol. The SMILES string of the molecule is NCCCCNc1nc(NCc2ccccc2)nc(Nc2cccc3ccccc23)n1.NCCCNc1nc(NCc2ccccc2)nc(Nc2cccc3ccccc23)n1. The molecule has 0 saturated heterocycles. The van der Waals surface area contributed by atoms with Gasteiger partial charge in [0.25, 0.3) is 0 Å². The predicted octanol–water partition coefficient (Wildman–Crippen LogP) is 8.67.